The standard InChI is InChI=1S/C14H18FNO3/c1-9-6-16(7-12(8-17)19-9)14-4-3-11(15)5-13(14)10(2)18/h3-5,9,12,17H,6-8H2,1-2H3. The van der Waals surface area contributed by atoms with Gasteiger partial charge in [-0.05, 0) is 32.0 Å². The normalized spacial score (nSPS) is 23.5. The number of morpholine rings is 1. The lowest BCUT2D eigenvalue weighted by Gasteiger charge is -2.38. The predicted octanol–water partition coefficient (Wildman–Crippen LogP) is 1.61. The maximum Gasteiger partial charge on any atom is 0.161 e. The molecule has 1 aromatic rings. The van der Waals surface area contributed by atoms with E-state index in [2.05, 4.69) is 0 Å². The third-order valence-electron chi connectivity index (χ3n) is 3.21. The van der Waals surface area contributed by atoms with E-state index in [0.29, 0.717) is 24.3 Å². The van der Waals surface area contributed by atoms with Gasteiger partial charge in [-0.3, -0.25) is 4.79 Å². The molecule has 1 aliphatic rings. The third-order valence-corrected chi connectivity index (χ3v) is 3.21. The molecule has 0 spiro atoms. The lowest BCUT2D eigenvalue weighted by atomic mass is 10.1. The molecule has 1 aromatic carbocycles. The highest BCUT2D eigenvalue weighted by Gasteiger charge is 2.26. The Kier molecular flexibility index (Phi) is 4.17. The Labute approximate surface area is 111 Å². The number of Topliss-reactive ketones (excluding diaryl/α,β-unsaturated/α-hetero) is 1. The quantitative estimate of drug-likeness (QED) is 0.845. The van der Waals surface area contributed by atoms with Crippen molar-refractivity contribution in [1.82, 2.24) is 0 Å². The van der Waals surface area contributed by atoms with Crippen LogP contribution in [0.25, 0.3) is 0 Å². The van der Waals surface area contributed by atoms with Crippen LogP contribution in [0.5, 0.6) is 0 Å². The van der Waals surface area contributed by atoms with Crippen molar-refractivity contribution in [1.29, 1.82) is 0 Å². The van der Waals surface area contributed by atoms with E-state index in [4.69, 9.17) is 4.74 Å². The summed E-state index contributed by atoms with van der Waals surface area (Å²) in [5, 5.41) is 9.22. The molecule has 0 aliphatic carbocycles. The molecule has 104 valence electrons. The molecule has 4 nitrogen and oxygen atoms in total. The fraction of sp³-hybridized carbons (Fsp3) is 0.500. The highest BCUT2D eigenvalue weighted by atomic mass is 19.1. The van der Waals surface area contributed by atoms with Crippen LogP contribution in [0, 0.1) is 5.82 Å². The Morgan fingerprint density at radius 1 is 1.53 bits per heavy atom. The second kappa shape index (κ2) is 5.67. The molecular formula is C14H18FNO3. The summed E-state index contributed by atoms with van der Waals surface area (Å²) >= 11 is 0. The number of anilines is 1. The van der Waals surface area contributed by atoms with E-state index < -0.39 is 5.82 Å². The van der Waals surface area contributed by atoms with E-state index >= 15 is 0 Å². The molecule has 0 amide bonds. The molecule has 1 fully saturated rings. The number of ether oxygens (including phenoxy) is 1. The van der Waals surface area contributed by atoms with Crippen LogP contribution in [-0.2, 0) is 4.74 Å². The molecule has 0 aromatic heterocycles. The molecule has 5 heteroatoms. The first-order valence-corrected chi connectivity index (χ1v) is 6.33. The summed E-state index contributed by atoms with van der Waals surface area (Å²) < 4.78 is 18.8. The molecule has 1 N–H and O–H groups in total. The summed E-state index contributed by atoms with van der Waals surface area (Å²) in [5.41, 5.74) is 1.06. The van der Waals surface area contributed by atoms with Gasteiger partial charge in [-0.15, -0.1) is 0 Å². The van der Waals surface area contributed by atoms with Gasteiger partial charge < -0.3 is 14.7 Å². The van der Waals surface area contributed by atoms with Crippen molar-refractivity contribution in [3.05, 3.63) is 29.6 Å². The Balaban J connectivity index is 2.32. The van der Waals surface area contributed by atoms with Crippen molar-refractivity contribution in [3.8, 4) is 0 Å². The second-order valence-corrected chi connectivity index (χ2v) is 4.87. The smallest absolute Gasteiger partial charge is 0.161 e. The van der Waals surface area contributed by atoms with Gasteiger partial charge in [-0.1, -0.05) is 0 Å². The largest absolute Gasteiger partial charge is 0.394 e. The molecule has 1 heterocycles. The monoisotopic (exact) mass is 267 g/mol. The number of hydrogen-bond acceptors (Lipinski definition) is 4. The van der Waals surface area contributed by atoms with Crippen molar-refractivity contribution in [2.24, 2.45) is 0 Å². The van der Waals surface area contributed by atoms with Gasteiger partial charge in [0.15, 0.2) is 5.78 Å². The van der Waals surface area contributed by atoms with Gasteiger partial charge in [-0.25, -0.2) is 4.39 Å². The number of benzene rings is 1. The maximum absolute atomic E-state index is 13.3. The number of halogens is 1. The van der Waals surface area contributed by atoms with Gasteiger partial charge in [0.05, 0.1) is 18.8 Å². The lowest BCUT2D eigenvalue weighted by Crippen LogP contribution is -2.48. The highest BCUT2D eigenvalue weighted by molar-refractivity contribution is 5.99. The Morgan fingerprint density at radius 3 is 2.89 bits per heavy atom. The van der Waals surface area contributed by atoms with Crippen LogP contribution in [0.4, 0.5) is 10.1 Å². The lowest BCUT2D eigenvalue weighted by molar-refractivity contribution is -0.0421. The van der Waals surface area contributed by atoms with Crippen molar-refractivity contribution < 1.29 is 19.0 Å². The van der Waals surface area contributed by atoms with Gasteiger partial charge in [0.2, 0.25) is 0 Å². The van der Waals surface area contributed by atoms with E-state index in [1.807, 2.05) is 11.8 Å². The Bertz CT molecular complexity index is 478. The summed E-state index contributed by atoms with van der Waals surface area (Å²) in [6.07, 6.45) is -0.329. The number of hydrogen-bond donors (Lipinski definition) is 1. The average molecular weight is 267 g/mol. The first kappa shape index (κ1) is 14.0. The molecule has 19 heavy (non-hydrogen) atoms. The van der Waals surface area contributed by atoms with Gasteiger partial charge in [0, 0.05) is 24.3 Å². The van der Waals surface area contributed by atoms with E-state index in [-0.39, 0.29) is 24.6 Å². The van der Waals surface area contributed by atoms with Crippen LogP contribution >= 0.6 is 0 Å². The number of rotatable bonds is 3. The highest BCUT2D eigenvalue weighted by Crippen LogP contribution is 2.25. The number of nitrogens with zero attached hydrogens (tertiary/aromatic N) is 1. The van der Waals surface area contributed by atoms with E-state index in [1.165, 1.54) is 19.1 Å². The molecule has 1 saturated heterocycles. The Hall–Kier alpha value is -1.46. The minimum absolute atomic E-state index is 0.0456. The van der Waals surface area contributed by atoms with Crippen molar-refractivity contribution in [2.45, 2.75) is 26.1 Å². The number of carbonyl (C=O) groups is 1. The summed E-state index contributed by atoms with van der Waals surface area (Å²) in [7, 11) is 0. The van der Waals surface area contributed by atoms with Crippen LogP contribution in [-0.4, -0.2) is 42.8 Å². The fourth-order valence-electron chi connectivity index (χ4n) is 2.41. The predicted molar refractivity (Wildman–Crippen MR) is 70.0 cm³/mol. The molecule has 0 bridgehead atoms. The molecule has 2 atom stereocenters. The number of aliphatic hydroxyl groups is 1. The summed E-state index contributed by atoms with van der Waals surface area (Å²) in [5.74, 6) is -0.594. The third kappa shape index (κ3) is 3.11. The van der Waals surface area contributed by atoms with Crippen LogP contribution < -0.4 is 4.90 Å². The zero-order valence-electron chi connectivity index (χ0n) is 11.1. The Morgan fingerprint density at radius 2 is 2.26 bits per heavy atom. The SMILES string of the molecule is CC(=O)c1cc(F)ccc1N1CC(C)OC(CO)C1. The maximum atomic E-state index is 13.3. The van der Waals surface area contributed by atoms with E-state index in [1.54, 1.807) is 6.07 Å². The summed E-state index contributed by atoms with van der Waals surface area (Å²) in [6.45, 7) is 4.37. The zero-order valence-corrected chi connectivity index (χ0v) is 11.1. The molecule has 0 saturated carbocycles. The fourth-order valence-corrected chi connectivity index (χ4v) is 2.41. The van der Waals surface area contributed by atoms with Crippen molar-refractivity contribution >= 4 is 11.5 Å². The first-order chi connectivity index (χ1) is 9.01. The van der Waals surface area contributed by atoms with Crippen molar-refractivity contribution in [3.63, 3.8) is 0 Å². The molecular weight excluding hydrogens is 249 g/mol. The van der Waals surface area contributed by atoms with Gasteiger partial charge in [0.25, 0.3) is 0 Å². The summed E-state index contributed by atoms with van der Waals surface area (Å²) in [4.78, 5) is 13.6. The minimum Gasteiger partial charge on any atom is -0.394 e. The topological polar surface area (TPSA) is 49.8 Å². The van der Waals surface area contributed by atoms with Crippen LogP contribution in [0.1, 0.15) is 24.2 Å². The number of ketones is 1. The number of aliphatic hydroxyl groups excluding tert-OH is 1. The molecule has 1 aliphatic heterocycles. The summed E-state index contributed by atoms with van der Waals surface area (Å²) in [6, 6.07) is 4.21. The average Bonchev–Trinajstić information content (AvgIpc) is 2.37. The van der Waals surface area contributed by atoms with E-state index in [0.717, 1.165) is 0 Å². The molecule has 2 rings (SSSR count). The number of carbonyl (C=O) groups excluding carboxylic acids is 1. The second-order valence-electron chi connectivity index (χ2n) is 4.87. The van der Waals surface area contributed by atoms with Gasteiger partial charge in [0.1, 0.15) is 5.82 Å². The van der Waals surface area contributed by atoms with Gasteiger partial charge >= 0.3 is 0 Å². The zero-order chi connectivity index (χ0) is 14.0. The van der Waals surface area contributed by atoms with Gasteiger partial charge in [-0.2, -0.15) is 0 Å². The first-order valence-electron chi connectivity index (χ1n) is 6.33. The minimum atomic E-state index is -0.422. The van der Waals surface area contributed by atoms with E-state index in [9.17, 15) is 14.3 Å². The van der Waals surface area contributed by atoms with Crippen LogP contribution in [0.3, 0.4) is 0 Å². The molecule has 2 unspecified atom stereocenters. The van der Waals surface area contributed by atoms with Crippen molar-refractivity contribution in [2.75, 3.05) is 24.6 Å². The van der Waals surface area contributed by atoms with Crippen LogP contribution in [0.15, 0.2) is 18.2 Å². The van der Waals surface area contributed by atoms with Crippen LogP contribution in [0.2, 0.25) is 0 Å². The molecule has 0 radical (unpaired) electrons.